The summed E-state index contributed by atoms with van der Waals surface area (Å²) in [7, 11) is 0. The van der Waals surface area contributed by atoms with Crippen molar-refractivity contribution < 1.29 is 22.7 Å². The fourth-order valence-electron chi connectivity index (χ4n) is 4.65. The number of hydrogen-bond donors (Lipinski definition) is 1. The summed E-state index contributed by atoms with van der Waals surface area (Å²) in [5.74, 6) is 0.672. The summed E-state index contributed by atoms with van der Waals surface area (Å²) < 4.78 is 45.2. The van der Waals surface area contributed by atoms with Crippen LogP contribution in [-0.4, -0.2) is 23.0 Å². The van der Waals surface area contributed by atoms with Crippen LogP contribution in [0.1, 0.15) is 47.3 Å². The van der Waals surface area contributed by atoms with Crippen molar-refractivity contribution in [1.82, 2.24) is 10.3 Å². The average molecular weight is 415 g/mol. The van der Waals surface area contributed by atoms with Gasteiger partial charge in [-0.15, -0.1) is 0 Å². The zero-order valence-corrected chi connectivity index (χ0v) is 16.0. The third-order valence-electron chi connectivity index (χ3n) is 5.92. The molecule has 4 rings (SSSR count). The van der Waals surface area contributed by atoms with Gasteiger partial charge in [0.15, 0.2) is 0 Å². The molecule has 30 heavy (non-hydrogen) atoms. The van der Waals surface area contributed by atoms with Crippen molar-refractivity contribution in [1.29, 1.82) is 5.26 Å². The van der Waals surface area contributed by atoms with Crippen molar-refractivity contribution in [2.75, 3.05) is 0 Å². The summed E-state index contributed by atoms with van der Waals surface area (Å²) >= 11 is 0. The summed E-state index contributed by atoms with van der Waals surface area (Å²) in [4.78, 5) is 16.3. The lowest BCUT2D eigenvalue weighted by Crippen LogP contribution is -2.34. The molecule has 2 unspecified atom stereocenters. The molecular weight excluding hydrogens is 395 g/mol. The van der Waals surface area contributed by atoms with Gasteiger partial charge in [-0.3, -0.25) is 9.78 Å². The number of benzene rings is 1. The second-order valence-corrected chi connectivity index (χ2v) is 7.91. The number of aromatic nitrogens is 1. The van der Waals surface area contributed by atoms with Crippen molar-refractivity contribution >= 4 is 5.91 Å². The first kappa shape index (κ1) is 20.2. The Morgan fingerprint density at radius 2 is 1.87 bits per heavy atom. The van der Waals surface area contributed by atoms with Crippen molar-refractivity contribution in [2.45, 2.75) is 44.0 Å². The Labute approximate surface area is 171 Å². The minimum Gasteiger partial charge on any atom is -0.490 e. The van der Waals surface area contributed by atoms with Crippen molar-refractivity contribution in [3.05, 3.63) is 59.4 Å². The van der Waals surface area contributed by atoms with E-state index in [1.165, 1.54) is 6.07 Å². The minimum atomic E-state index is -4.60. The predicted molar refractivity (Wildman–Crippen MR) is 102 cm³/mol. The molecule has 1 aromatic heterocycles. The predicted octanol–water partition coefficient (Wildman–Crippen LogP) is 4.34. The van der Waals surface area contributed by atoms with Gasteiger partial charge >= 0.3 is 6.18 Å². The van der Waals surface area contributed by atoms with Gasteiger partial charge in [0.2, 0.25) is 0 Å². The first-order valence-corrected chi connectivity index (χ1v) is 9.83. The zero-order chi connectivity index (χ0) is 21.3. The van der Waals surface area contributed by atoms with Crippen LogP contribution in [0.5, 0.6) is 5.75 Å². The molecule has 2 aliphatic rings. The second kappa shape index (κ2) is 7.98. The zero-order valence-electron chi connectivity index (χ0n) is 16.0. The summed E-state index contributed by atoms with van der Waals surface area (Å²) in [6.45, 7) is 0. The maximum absolute atomic E-state index is 13.1. The first-order valence-electron chi connectivity index (χ1n) is 9.83. The van der Waals surface area contributed by atoms with Crippen LogP contribution in [0.15, 0.2) is 42.6 Å². The topological polar surface area (TPSA) is 75.0 Å². The number of amides is 1. The lowest BCUT2D eigenvalue weighted by Gasteiger charge is -2.19. The van der Waals surface area contributed by atoms with Gasteiger partial charge in [-0.1, -0.05) is 6.07 Å². The van der Waals surface area contributed by atoms with E-state index in [2.05, 4.69) is 10.3 Å². The molecule has 2 saturated carbocycles. The number of alkyl halides is 3. The normalized spacial score (nSPS) is 25.4. The van der Waals surface area contributed by atoms with E-state index in [-0.39, 0.29) is 23.8 Å². The van der Waals surface area contributed by atoms with Gasteiger partial charge in [-0.25, -0.2) is 0 Å². The van der Waals surface area contributed by atoms with Crippen molar-refractivity contribution in [2.24, 2.45) is 11.8 Å². The van der Waals surface area contributed by atoms with Gasteiger partial charge in [-0.05, 0) is 67.9 Å². The summed E-state index contributed by atoms with van der Waals surface area (Å²) in [6, 6.07) is 10.3. The lowest BCUT2D eigenvalue weighted by atomic mass is 10.0. The molecule has 0 aliphatic heterocycles. The fourth-order valence-corrected chi connectivity index (χ4v) is 4.65. The average Bonchev–Trinajstić information content (AvgIpc) is 3.25. The number of fused-ring (bicyclic) bond motifs is 1. The number of nitrogens with one attached hydrogen (secondary N) is 1. The van der Waals surface area contributed by atoms with Crippen LogP contribution in [0, 0.1) is 23.2 Å². The molecule has 2 atom stereocenters. The van der Waals surface area contributed by atoms with Gasteiger partial charge in [0, 0.05) is 12.2 Å². The van der Waals surface area contributed by atoms with Crippen LogP contribution in [0.3, 0.4) is 0 Å². The first-order chi connectivity index (χ1) is 14.3. The van der Waals surface area contributed by atoms with Gasteiger partial charge in [0.05, 0.1) is 23.3 Å². The van der Waals surface area contributed by atoms with Crippen molar-refractivity contribution in [3.8, 4) is 11.8 Å². The smallest absolute Gasteiger partial charge is 0.417 e. The molecular formula is C22H20F3N3O2. The van der Waals surface area contributed by atoms with Gasteiger partial charge < -0.3 is 10.1 Å². The Balaban J connectivity index is 1.34. The molecule has 2 fully saturated rings. The second-order valence-electron chi connectivity index (χ2n) is 7.91. The molecule has 1 N–H and O–H groups in total. The van der Waals surface area contributed by atoms with E-state index in [1.54, 1.807) is 30.5 Å². The van der Waals surface area contributed by atoms with Crippen LogP contribution < -0.4 is 10.1 Å². The Kier molecular flexibility index (Phi) is 5.37. The molecule has 156 valence electrons. The highest BCUT2D eigenvalue weighted by molar-refractivity contribution is 5.92. The third kappa shape index (κ3) is 4.25. The summed E-state index contributed by atoms with van der Waals surface area (Å²) in [5, 5.41) is 11.9. The molecule has 0 saturated heterocycles. The van der Waals surface area contributed by atoms with Crippen LogP contribution in [0.2, 0.25) is 0 Å². The van der Waals surface area contributed by atoms with Crippen LogP contribution in [0.4, 0.5) is 13.2 Å². The molecule has 5 nitrogen and oxygen atoms in total. The number of nitrogens with zero attached hydrogens (tertiary/aromatic N) is 2. The molecule has 1 amide bonds. The van der Waals surface area contributed by atoms with E-state index in [4.69, 9.17) is 10.00 Å². The summed E-state index contributed by atoms with van der Waals surface area (Å²) in [6.07, 6.45) is -0.0664. The molecule has 2 aromatic rings. The number of hydrogen-bond acceptors (Lipinski definition) is 4. The molecule has 0 bridgehead atoms. The van der Waals surface area contributed by atoms with E-state index < -0.39 is 17.3 Å². The Morgan fingerprint density at radius 1 is 1.13 bits per heavy atom. The number of pyridine rings is 1. The number of carbonyl (C=O) groups excluding carboxylic acids is 1. The third-order valence-corrected chi connectivity index (χ3v) is 5.92. The highest BCUT2D eigenvalue weighted by Gasteiger charge is 2.43. The summed E-state index contributed by atoms with van der Waals surface area (Å²) in [5.41, 5.74) is -1.00. The van der Waals surface area contributed by atoms with Crippen LogP contribution in [-0.2, 0) is 6.18 Å². The number of rotatable bonds is 4. The van der Waals surface area contributed by atoms with E-state index >= 15 is 0 Å². The van der Waals surface area contributed by atoms with Crippen LogP contribution in [0.25, 0.3) is 0 Å². The minimum absolute atomic E-state index is 0.0715. The standard InChI is InChI=1S/C22H20F3N3O2/c23-22(24,25)19-11-17(5-4-13(19)12-26)30-18-9-14-7-16(8-15(14)10-18)28-21(29)20-3-1-2-6-27-20/h1-6,11,14-16,18H,7-10H2,(H,28,29). The number of nitriles is 1. The Bertz CT molecular complexity index is 958. The quantitative estimate of drug-likeness (QED) is 0.806. The van der Waals surface area contributed by atoms with Gasteiger partial charge in [0.1, 0.15) is 11.4 Å². The monoisotopic (exact) mass is 415 g/mol. The number of halogens is 3. The highest BCUT2D eigenvalue weighted by Crippen LogP contribution is 2.45. The van der Waals surface area contributed by atoms with E-state index in [0.717, 1.165) is 37.8 Å². The molecule has 1 heterocycles. The number of carbonyl (C=O) groups is 1. The van der Waals surface area contributed by atoms with E-state index in [1.807, 2.05) is 0 Å². The highest BCUT2D eigenvalue weighted by atomic mass is 19.4. The van der Waals surface area contributed by atoms with E-state index in [0.29, 0.717) is 17.5 Å². The molecule has 2 aliphatic carbocycles. The van der Waals surface area contributed by atoms with E-state index in [9.17, 15) is 18.0 Å². The number of ether oxygens (including phenoxy) is 1. The van der Waals surface area contributed by atoms with Gasteiger partial charge in [0.25, 0.3) is 5.91 Å². The molecule has 1 aromatic carbocycles. The molecule has 0 spiro atoms. The van der Waals surface area contributed by atoms with Gasteiger partial charge in [-0.2, -0.15) is 18.4 Å². The molecule has 8 heteroatoms. The van der Waals surface area contributed by atoms with Crippen molar-refractivity contribution in [3.63, 3.8) is 0 Å². The maximum atomic E-state index is 13.1. The lowest BCUT2D eigenvalue weighted by molar-refractivity contribution is -0.137. The Hall–Kier alpha value is -3.08. The Morgan fingerprint density at radius 3 is 2.47 bits per heavy atom. The largest absolute Gasteiger partial charge is 0.490 e. The fraction of sp³-hybridized carbons (Fsp3) is 0.409. The SMILES string of the molecule is N#Cc1ccc(OC2CC3CC(NC(=O)c4ccccn4)CC3C2)cc1C(F)(F)F. The maximum Gasteiger partial charge on any atom is 0.417 e. The molecule has 0 radical (unpaired) electrons. The van der Waals surface area contributed by atoms with Crippen LogP contribution >= 0.6 is 0 Å².